The molecule has 0 aromatic heterocycles. The summed E-state index contributed by atoms with van der Waals surface area (Å²) in [5, 5.41) is 3.00. The molecule has 0 saturated carbocycles. The maximum Gasteiger partial charge on any atom is 0.294 e. The van der Waals surface area contributed by atoms with Gasteiger partial charge in [0.15, 0.2) is 0 Å². The SMILES string of the molecule is C=[N+]=C(CN)CCNC. The van der Waals surface area contributed by atoms with Crippen LogP contribution in [-0.4, -0.2) is 32.6 Å². The summed E-state index contributed by atoms with van der Waals surface area (Å²) in [6, 6.07) is 0. The molecular weight excluding hydrogens is 114 g/mol. The van der Waals surface area contributed by atoms with Crippen molar-refractivity contribution in [1.82, 2.24) is 9.98 Å². The van der Waals surface area contributed by atoms with Crippen LogP contribution < -0.4 is 15.7 Å². The highest BCUT2D eigenvalue weighted by Crippen LogP contribution is 1.74. The zero-order valence-corrected chi connectivity index (χ0v) is 5.85. The first kappa shape index (κ1) is 8.37. The molecule has 9 heavy (non-hydrogen) atoms. The van der Waals surface area contributed by atoms with Crippen LogP contribution in [-0.2, 0) is 0 Å². The lowest BCUT2D eigenvalue weighted by molar-refractivity contribution is 0.819. The Hall–Kier alpha value is -0.630. The molecule has 0 aliphatic rings. The molecule has 0 radical (unpaired) electrons. The van der Waals surface area contributed by atoms with Gasteiger partial charge in [-0.15, -0.1) is 4.67 Å². The first-order valence-corrected chi connectivity index (χ1v) is 3.01. The normalized spacial score (nSPS) is 8.67. The molecule has 0 heterocycles. The number of nitrogens with zero attached hydrogens (tertiary/aromatic N) is 1. The minimum absolute atomic E-state index is 0.519. The Balaban J connectivity index is 3.45. The second-order valence-corrected chi connectivity index (χ2v) is 1.78. The van der Waals surface area contributed by atoms with E-state index in [1.165, 1.54) is 0 Å². The lowest BCUT2D eigenvalue weighted by atomic mass is 10.3. The fourth-order valence-electron chi connectivity index (χ4n) is 0.515. The molecule has 0 aromatic rings. The van der Waals surface area contributed by atoms with Crippen LogP contribution in [0.1, 0.15) is 6.42 Å². The van der Waals surface area contributed by atoms with Crippen LogP contribution in [0.5, 0.6) is 0 Å². The van der Waals surface area contributed by atoms with Crippen molar-refractivity contribution in [3.8, 4) is 0 Å². The molecule has 0 atom stereocenters. The van der Waals surface area contributed by atoms with Gasteiger partial charge < -0.3 is 11.1 Å². The first-order valence-electron chi connectivity index (χ1n) is 3.01. The average molecular weight is 128 g/mol. The molecule has 0 saturated heterocycles. The zero-order chi connectivity index (χ0) is 7.11. The van der Waals surface area contributed by atoms with E-state index in [2.05, 4.69) is 16.7 Å². The average Bonchev–Trinajstić information content (AvgIpc) is 1.91. The van der Waals surface area contributed by atoms with E-state index in [0.717, 1.165) is 18.7 Å². The minimum atomic E-state index is 0.519. The molecule has 0 unspecified atom stereocenters. The minimum Gasteiger partial charge on any atom is -0.321 e. The fourth-order valence-corrected chi connectivity index (χ4v) is 0.515. The maximum absolute atomic E-state index is 5.33. The summed E-state index contributed by atoms with van der Waals surface area (Å²) in [5.41, 5.74) is 6.29. The summed E-state index contributed by atoms with van der Waals surface area (Å²) in [5.74, 6) is 0. The lowest BCUT2D eigenvalue weighted by Crippen LogP contribution is -2.21. The predicted octanol–water partition coefficient (Wildman–Crippen LogP) is -1.24. The second-order valence-electron chi connectivity index (χ2n) is 1.78. The van der Waals surface area contributed by atoms with Gasteiger partial charge in [0, 0.05) is 6.54 Å². The van der Waals surface area contributed by atoms with E-state index in [9.17, 15) is 0 Å². The molecule has 0 aliphatic carbocycles. The van der Waals surface area contributed by atoms with Gasteiger partial charge in [-0.05, 0) is 7.05 Å². The summed E-state index contributed by atoms with van der Waals surface area (Å²) in [4.78, 5) is 0. The van der Waals surface area contributed by atoms with Crippen molar-refractivity contribution >= 4 is 12.4 Å². The van der Waals surface area contributed by atoms with Gasteiger partial charge in [0.25, 0.3) is 12.4 Å². The highest BCUT2D eigenvalue weighted by Gasteiger charge is 2.02. The van der Waals surface area contributed by atoms with Crippen LogP contribution in [0.3, 0.4) is 0 Å². The van der Waals surface area contributed by atoms with Crippen LogP contribution in [0.15, 0.2) is 0 Å². The Morgan fingerprint density at radius 3 is 2.78 bits per heavy atom. The largest absolute Gasteiger partial charge is 0.321 e. The number of hydrogen-bond donors (Lipinski definition) is 2. The summed E-state index contributed by atoms with van der Waals surface area (Å²) in [6.07, 6.45) is 0.899. The number of hydrogen-bond acceptors (Lipinski definition) is 2. The van der Waals surface area contributed by atoms with Gasteiger partial charge in [-0.3, -0.25) is 0 Å². The molecule has 0 aromatic carbocycles. The van der Waals surface area contributed by atoms with E-state index in [4.69, 9.17) is 5.73 Å². The third kappa shape index (κ3) is 3.91. The molecule has 0 rings (SSSR count). The van der Waals surface area contributed by atoms with Gasteiger partial charge in [-0.25, -0.2) is 0 Å². The molecular formula is C6H14N3+. The van der Waals surface area contributed by atoms with E-state index in [1.807, 2.05) is 7.05 Å². The van der Waals surface area contributed by atoms with Crippen LogP contribution >= 0.6 is 0 Å². The summed E-state index contributed by atoms with van der Waals surface area (Å²) in [7, 11) is 1.90. The predicted molar refractivity (Wildman–Crippen MR) is 41.9 cm³/mol. The first-order chi connectivity index (χ1) is 4.35. The van der Waals surface area contributed by atoms with Gasteiger partial charge in [0.1, 0.15) is 0 Å². The Kier molecular flexibility index (Phi) is 5.12. The van der Waals surface area contributed by atoms with Crippen LogP contribution in [0, 0.1) is 0 Å². The topological polar surface area (TPSA) is 52.2 Å². The van der Waals surface area contributed by atoms with E-state index in [-0.39, 0.29) is 0 Å². The maximum atomic E-state index is 5.33. The third-order valence-corrected chi connectivity index (χ3v) is 1.12. The molecule has 0 fully saturated rings. The molecule has 3 N–H and O–H groups in total. The monoisotopic (exact) mass is 128 g/mol. The van der Waals surface area contributed by atoms with E-state index in [0.29, 0.717) is 6.54 Å². The molecule has 3 nitrogen and oxygen atoms in total. The van der Waals surface area contributed by atoms with Crippen LogP contribution in [0.4, 0.5) is 0 Å². The second kappa shape index (κ2) is 5.51. The van der Waals surface area contributed by atoms with E-state index >= 15 is 0 Å². The molecule has 3 heteroatoms. The Labute approximate surface area is 55.7 Å². The van der Waals surface area contributed by atoms with Crippen molar-refractivity contribution in [2.75, 3.05) is 20.1 Å². The van der Waals surface area contributed by atoms with Crippen molar-refractivity contribution < 1.29 is 0 Å². The van der Waals surface area contributed by atoms with Crippen LogP contribution in [0.2, 0.25) is 0 Å². The van der Waals surface area contributed by atoms with Gasteiger partial charge in [0.2, 0.25) is 0 Å². The zero-order valence-electron chi connectivity index (χ0n) is 5.85. The molecule has 52 valence electrons. The highest BCUT2D eigenvalue weighted by molar-refractivity contribution is 5.86. The number of nitrogens with one attached hydrogen (secondary N) is 1. The van der Waals surface area contributed by atoms with Crippen molar-refractivity contribution in [2.24, 2.45) is 5.73 Å². The summed E-state index contributed by atoms with van der Waals surface area (Å²) >= 11 is 0. The summed E-state index contributed by atoms with van der Waals surface area (Å²) in [6.45, 7) is 4.83. The Morgan fingerprint density at radius 2 is 2.44 bits per heavy atom. The van der Waals surface area contributed by atoms with E-state index < -0.39 is 0 Å². The van der Waals surface area contributed by atoms with Crippen molar-refractivity contribution in [3.63, 3.8) is 0 Å². The van der Waals surface area contributed by atoms with Gasteiger partial charge in [0.05, 0.1) is 13.0 Å². The van der Waals surface area contributed by atoms with Gasteiger partial charge in [-0.1, -0.05) is 0 Å². The Bertz CT molecular complexity index is 113. The molecule has 0 spiro atoms. The quantitative estimate of drug-likeness (QED) is 0.368. The van der Waals surface area contributed by atoms with Crippen molar-refractivity contribution in [2.45, 2.75) is 6.42 Å². The number of nitrogens with two attached hydrogens (primary N) is 1. The smallest absolute Gasteiger partial charge is 0.294 e. The van der Waals surface area contributed by atoms with E-state index in [1.54, 1.807) is 0 Å². The summed E-state index contributed by atoms with van der Waals surface area (Å²) < 4.78 is 3.75. The Morgan fingerprint density at radius 1 is 1.78 bits per heavy atom. The standard InChI is InChI=1S/C6H14N3/c1-8-4-3-6(5-7)9-2/h8H,2-5,7H2,1H3/q+1. The third-order valence-electron chi connectivity index (χ3n) is 1.12. The molecule has 0 bridgehead atoms. The molecule has 0 amide bonds. The van der Waals surface area contributed by atoms with Gasteiger partial charge >= 0.3 is 0 Å². The number of rotatable bonds is 4. The highest BCUT2D eigenvalue weighted by atomic mass is 14.8. The van der Waals surface area contributed by atoms with Crippen LogP contribution in [0.25, 0.3) is 0 Å². The van der Waals surface area contributed by atoms with Crippen molar-refractivity contribution in [3.05, 3.63) is 0 Å². The van der Waals surface area contributed by atoms with Gasteiger partial charge in [-0.2, -0.15) is 0 Å². The molecule has 0 aliphatic heterocycles. The fraction of sp³-hybridized carbons (Fsp3) is 0.667. The van der Waals surface area contributed by atoms with Crippen molar-refractivity contribution in [1.29, 1.82) is 0 Å². The lowest BCUT2D eigenvalue weighted by Gasteiger charge is -1.89.